The summed E-state index contributed by atoms with van der Waals surface area (Å²) in [6, 6.07) is 16.7. The first kappa shape index (κ1) is 14.5. The number of rotatable bonds is 3. The minimum Gasteiger partial charge on any atom is -0.422 e. The predicted molar refractivity (Wildman–Crippen MR) is 81.6 cm³/mol. The summed E-state index contributed by atoms with van der Waals surface area (Å²) in [5, 5.41) is 9.16. The molecule has 104 valence electrons. The van der Waals surface area contributed by atoms with Gasteiger partial charge in [0.2, 0.25) is 0 Å². The van der Waals surface area contributed by atoms with E-state index in [1.165, 1.54) is 6.08 Å². The van der Waals surface area contributed by atoms with Gasteiger partial charge in [-0.1, -0.05) is 48.5 Å². The molecule has 0 aliphatic rings. The van der Waals surface area contributed by atoms with Crippen LogP contribution in [0.3, 0.4) is 0 Å². The average Bonchev–Trinajstić information content (AvgIpc) is 2.49. The van der Waals surface area contributed by atoms with Crippen LogP contribution in [0, 0.1) is 25.2 Å². The Hall–Kier alpha value is -2.86. The average molecular weight is 277 g/mol. The van der Waals surface area contributed by atoms with Crippen LogP contribution in [0.1, 0.15) is 16.7 Å². The molecule has 0 heterocycles. The van der Waals surface area contributed by atoms with E-state index in [1.54, 1.807) is 0 Å². The number of nitrogens with zero attached hydrogens (tertiary/aromatic N) is 1. The molecule has 0 bridgehead atoms. The number of hydrogen-bond donors (Lipinski definition) is 0. The monoisotopic (exact) mass is 277 g/mol. The molecule has 3 heteroatoms. The van der Waals surface area contributed by atoms with Crippen molar-refractivity contribution in [1.82, 2.24) is 0 Å². The number of para-hydroxylation sites is 1. The fourth-order valence-electron chi connectivity index (χ4n) is 1.96. The maximum absolute atomic E-state index is 12.1. The molecule has 3 nitrogen and oxygen atoms in total. The Labute approximate surface area is 124 Å². The molecule has 2 aromatic rings. The van der Waals surface area contributed by atoms with Gasteiger partial charge < -0.3 is 4.74 Å². The minimum atomic E-state index is -0.640. The first-order valence-corrected chi connectivity index (χ1v) is 6.57. The number of esters is 1. The summed E-state index contributed by atoms with van der Waals surface area (Å²) < 4.78 is 5.37. The Morgan fingerprint density at radius 3 is 2.24 bits per heavy atom. The van der Waals surface area contributed by atoms with Crippen molar-refractivity contribution < 1.29 is 9.53 Å². The van der Waals surface area contributed by atoms with Gasteiger partial charge in [0.1, 0.15) is 17.4 Å². The molecule has 0 amide bonds. The van der Waals surface area contributed by atoms with Crippen molar-refractivity contribution in [1.29, 1.82) is 5.26 Å². The van der Waals surface area contributed by atoms with Gasteiger partial charge in [-0.15, -0.1) is 0 Å². The van der Waals surface area contributed by atoms with Crippen molar-refractivity contribution in [2.75, 3.05) is 0 Å². The second kappa shape index (κ2) is 6.53. The summed E-state index contributed by atoms with van der Waals surface area (Å²) in [5.74, 6) is -0.129. The van der Waals surface area contributed by atoms with Crippen LogP contribution in [0.2, 0.25) is 0 Å². The van der Waals surface area contributed by atoms with Gasteiger partial charge in [-0.05, 0) is 36.6 Å². The lowest BCUT2D eigenvalue weighted by molar-refractivity contribution is -0.129. The molecule has 0 unspecified atom stereocenters. The third-order valence-corrected chi connectivity index (χ3v) is 3.05. The van der Waals surface area contributed by atoms with Crippen molar-refractivity contribution in [3.8, 4) is 11.8 Å². The van der Waals surface area contributed by atoms with E-state index < -0.39 is 5.97 Å². The minimum absolute atomic E-state index is 0.0242. The fraction of sp³-hybridized carbons (Fsp3) is 0.111. The highest BCUT2D eigenvalue weighted by molar-refractivity contribution is 5.99. The Balaban J connectivity index is 2.27. The molecular formula is C18H15NO2. The van der Waals surface area contributed by atoms with E-state index in [0.29, 0.717) is 5.75 Å². The van der Waals surface area contributed by atoms with E-state index >= 15 is 0 Å². The van der Waals surface area contributed by atoms with Crippen LogP contribution in [0.25, 0.3) is 6.08 Å². The molecule has 0 aromatic heterocycles. The zero-order valence-corrected chi connectivity index (χ0v) is 12.0. The molecule has 2 aromatic carbocycles. The van der Waals surface area contributed by atoms with Crippen molar-refractivity contribution in [2.24, 2.45) is 0 Å². The van der Waals surface area contributed by atoms with E-state index in [1.807, 2.05) is 68.4 Å². The van der Waals surface area contributed by atoms with E-state index in [2.05, 4.69) is 0 Å². The van der Waals surface area contributed by atoms with E-state index in [9.17, 15) is 4.79 Å². The van der Waals surface area contributed by atoms with Gasteiger partial charge in [0.15, 0.2) is 0 Å². The highest BCUT2D eigenvalue weighted by Crippen LogP contribution is 2.23. The molecule has 0 spiro atoms. The van der Waals surface area contributed by atoms with Crippen LogP contribution in [-0.2, 0) is 4.79 Å². The van der Waals surface area contributed by atoms with E-state index in [0.717, 1.165) is 16.7 Å². The second-order valence-corrected chi connectivity index (χ2v) is 4.69. The van der Waals surface area contributed by atoms with E-state index in [-0.39, 0.29) is 5.57 Å². The number of carbonyl (C=O) groups excluding carboxylic acids is 1. The van der Waals surface area contributed by atoms with Crippen LogP contribution in [0.15, 0.2) is 54.1 Å². The third-order valence-electron chi connectivity index (χ3n) is 3.05. The third kappa shape index (κ3) is 3.58. The Bertz CT molecular complexity index is 704. The fourth-order valence-corrected chi connectivity index (χ4v) is 1.96. The lowest BCUT2D eigenvalue weighted by Gasteiger charge is -2.09. The number of aryl methyl sites for hydroxylation is 2. The first-order chi connectivity index (χ1) is 10.1. The smallest absolute Gasteiger partial charge is 0.354 e. The van der Waals surface area contributed by atoms with Crippen LogP contribution in [0.5, 0.6) is 5.75 Å². The second-order valence-electron chi connectivity index (χ2n) is 4.69. The molecule has 0 radical (unpaired) electrons. The SMILES string of the molecule is Cc1cccc(C)c1OC(=O)/C(C#N)=C/c1ccccc1. The van der Waals surface area contributed by atoms with Gasteiger partial charge in [0.25, 0.3) is 0 Å². The van der Waals surface area contributed by atoms with Gasteiger partial charge in [-0.2, -0.15) is 5.26 Å². The molecule has 0 N–H and O–H groups in total. The van der Waals surface area contributed by atoms with Crippen LogP contribution >= 0.6 is 0 Å². The Kier molecular flexibility index (Phi) is 4.53. The highest BCUT2D eigenvalue weighted by Gasteiger charge is 2.14. The Morgan fingerprint density at radius 1 is 1.05 bits per heavy atom. The maximum Gasteiger partial charge on any atom is 0.354 e. The quantitative estimate of drug-likeness (QED) is 0.371. The van der Waals surface area contributed by atoms with Gasteiger partial charge in [-0.3, -0.25) is 0 Å². The van der Waals surface area contributed by atoms with Crippen LogP contribution in [-0.4, -0.2) is 5.97 Å². The molecule has 0 aliphatic carbocycles. The normalized spacial score (nSPS) is 10.8. The van der Waals surface area contributed by atoms with Crippen LogP contribution in [0.4, 0.5) is 0 Å². The lowest BCUT2D eigenvalue weighted by Crippen LogP contribution is -2.11. The summed E-state index contributed by atoms with van der Waals surface area (Å²) in [4.78, 5) is 12.1. The summed E-state index contributed by atoms with van der Waals surface area (Å²) in [6.45, 7) is 3.73. The zero-order chi connectivity index (χ0) is 15.2. The number of nitriles is 1. The van der Waals surface area contributed by atoms with Crippen molar-refractivity contribution in [3.05, 3.63) is 70.8 Å². The highest BCUT2D eigenvalue weighted by atomic mass is 16.5. The summed E-state index contributed by atoms with van der Waals surface area (Å²) in [6.07, 6.45) is 1.52. The predicted octanol–water partition coefficient (Wildman–Crippen LogP) is 3.82. The molecule has 0 aliphatic heterocycles. The molecule has 0 fully saturated rings. The van der Waals surface area contributed by atoms with Crippen molar-refractivity contribution >= 4 is 12.0 Å². The molecule has 2 rings (SSSR count). The van der Waals surface area contributed by atoms with Crippen molar-refractivity contribution in [3.63, 3.8) is 0 Å². The molecule has 0 atom stereocenters. The number of hydrogen-bond acceptors (Lipinski definition) is 3. The maximum atomic E-state index is 12.1. The van der Waals surface area contributed by atoms with Gasteiger partial charge >= 0.3 is 5.97 Å². The molecule has 0 saturated carbocycles. The summed E-state index contributed by atoms with van der Waals surface area (Å²) in [5.41, 5.74) is 2.48. The van der Waals surface area contributed by atoms with Crippen LogP contribution < -0.4 is 4.74 Å². The molecule has 21 heavy (non-hydrogen) atoms. The molecule has 0 saturated heterocycles. The summed E-state index contributed by atoms with van der Waals surface area (Å²) >= 11 is 0. The standard InChI is InChI=1S/C18H15NO2/c1-13-7-6-8-14(2)17(13)21-18(20)16(12-19)11-15-9-4-3-5-10-15/h3-11H,1-2H3/b16-11+. The first-order valence-electron chi connectivity index (χ1n) is 6.57. The van der Waals surface area contributed by atoms with Crippen molar-refractivity contribution in [2.45, 2.75) is 13.8 Å². The summed E-state index contributed by atoms with van der Waals surface area (Å²) in [7, 11) is 0. The largest absolute Gasteiger partial charge is 0.422 e. The van der Waals surface area contributed by atoms with Gasteiger partial charge in [-0.25, -0.2) is 4.79 Å². The van der Waals surface area contributed by atoms with Gasteiger partial charge in [0.05, 0.1) is 0 Å². The van der Waals surface area contributed by atoms with Gasteiger partial charge in [0, 0.05) is 0 Å². The molecular weight excluding hydrogens is 262 g/mol. The number of carbonyl (C=O) groups is 1. The lowest BCUT2D eigenvalue weighted by atomic mass is 10.1. The topological polar surface area (TPSA) is 50.1 Å². The number of benzene rings is 2. The Morgan fingerprint density at radius 2 is 1.67 bits per heavy atom. The zero-order valence-electron chi connectivity index (χ0n) is 12.0. The van der Waals surface area contributed by atoms with E-state index in [4.69, 9.17) is 10.00 Å². The number of ether oxygens (including phenoxy) is 1.